The van der Waals surface area contributed by atoms with Gasteiger partial charge in [0.1, 0.15) is 0 Å². The largest absolute Gasteiger partial charge is 0.481 e. The summed E-state index contributed by atoms with van der Waals surface area (Å²) in [7, 11) is 0. The molecule has 4 heteroatoms. The first-order valence-electron chi connectivity index (χ1n) is 6.59. The second kappa shape index (κ2) is 5.65. The molecule has 0 aliphatic heterocycles. The van der Waals surface area contributed by atoms with Crippen molar-refractivity contribution in [1.82, 2.24) is 0 Å². The van der Waals surface area contributed by atoms with Crippen LogP contribution in [0.1, 0.15) is 38.8 Å². The van der Waals surface area contributed by atoms with Gasteiger partial charge in [-0.3, -0.25) is 9.59 Å². The highest BCUT2D eigenvalue weighted by Crippen LogP contribution is 2.25. The van der Waals surface area contributed by atoms with E-state index in [2.05, 4.69) is 0 Å². The highest BCUT2D eigenvalue weighted by atomic mass is 16.4. The molecule has 1 aromatic carbocycles. The number of carboxylic acid groups (broad SMARTS) is 2. The summed E-state index contributed by atoms with van der Waals surface area (Å²) in [5.41, 5.74) is 0.271. The number of aliphatic carboxylic acids is 2. The summed E-state index contributed by atoms with van der Waals surface area (Å²) in [6.07, 6.45) is 0.899. The minimum atomic E-state index is -0.825. The van der Waals surface area contributed by atoms with Crippen molar-refractivity contribution in [2.45, 2.75) is 40.5 Å². The quantitative estimate of drug-likeness (QED) is 0.838. The maximum Gasteiger partial charge on any atom is 0.309 e. The van der Waals surface area contributed by atoms with Gasteiger partial charge in [0.25, 0.3) is 0 Å². The summed E-state index contributed by atoms with van der Waals surface area (Å²) in [6, 6.07) is 7.49. The molecule has 2 N–H and O–H groups in total. The zero-order chi connectivity index (χ0) is 15.6. The summed E-state index contributed by atoms with van der Waals surface area (Å²) < 4.78 is 0. The molecule has 110 valence electrons. The lowest BCUT2D eigenvalue weighted by Gasteiger charge is -2.21. The first kappa shape index (κ1) is 16.2. The standard InChI is InChI=1S/C16H22O4/c1-15(2,13(17)18)9-11-5-7-12(8-6-11)10-16(3,4)14(19)20/h5-8H,9-10H2,1-4H3,(H,17,18)(H,19,20). The van der Waals surface area contributed by atoms with Gasteiger partial charge in [0.2, 0.25) is 0 Å². The van der Waals surface area contributed by atoms with Gasteiger partial charge < -0.3 is 10.2 Å². The van der Waals surface area contributed by atoms with Crippen molar-refractivity contribution in [3.63, 3.8) is 0 Å². The number of rotatable bonds is 6. The molecule has 4 nitrogen and oxygen atoms in total. The zero-order valence-electron chi connectivity index (χ0n) is 12.4. The molecule has 0 atom stereocenters. The van der Waals surface area contributed by atoms with Gasteiger partial charge in [-0.05, 0) is 51.7 Å². The maximum atomic E-state index is 11.1. The molecule has 0 aliphatic carbocycles. The molecule has 0 unspecified atom stereocenters. The summed E-state index contributed by atoms with van der Waals surface area (Å²) in [5.74, 6) is -1.65. The van der Waals surface area contributed by atoms with Gasteiger partial charge in [-0.1, -0.05) is 24.3 Å². The third kappa shape index (κ3) is 4.08. The van der Waals surface area contributed by atoms with E-state index < -0.39 is 22.8 Å². The van der Waals surface area contributed by atoms with E-state index in [9.17, 15) is 9.59 Å². The molecule has 0 aromatic heterocycles. The second-order valence-electron chi connectivity index (χ2n) is 6.55. The smallest absolute Gasteiger partial charge is 0.309 e. The van der Waals surface area contributed by atoms with Gasteiger partial charge in [-0.25, -0.2) is 0 Å². The molecule has 0 heterocycles. The van der Waals surface area contributed by atoms with Crippen molar-refractivity contribution in [3.05, 3.63) is 35.4 Å². The van der Waals surface area contributed by atoms with Gasteiger partial charge in [-0.2, -0.15) is 0 Å². The fraction of sp³-hybridized carbons (Fsp3) is 0.500. The second-order valence-corrected chi connectivity index (χ2v) is 6.55. The first-order valence-corrected chi connectivity index (χ1v) is 6.59. The molecule has 0 spiro atoms. The van der Waals surface area contributed by atoms with E-state index in [0.29, 0.717) is 12.8 Å². The Morgan fingerprint density at radius 1 is 0.800 bits per heavy atom. The zero-order valence-corrected chi connectivity index (χ0v) is 12.4. The van der Waals surface area contributed by atoms with Gasteiger partial charge in [0.05, 0.1) is 10.8 Å². The van der Waals surface area contributed by atoms with Crippen LogP contribution in [-0.4, -0.2) is 22.2 Å². The number of benzene rings is 1. The summed E-state index contributed by atoms with van der Waals surface area (Å²) in [5, 5.41) is 18.2. The van der Waals surface area contributed by atoms with Gasteiger partial charge in [-0.15, -0.1) is 0 Å². The van der Waals surface area contributed by atoms with Crippen LogP contribution in [0.25, 0.3) is 0 Å². The third-order valence-corrected chi connectivity index (χ3v) is 3.47. The Kier molecular flexibility index (Phi) is 4.58. The summed E-state index contributed by atoms with van der Waals surface area (Å²) >= 11 is 0. The molecule has 0 saturated carbocycles. The Hall–Kier alpha value is -1.84. The van der Waals surface area contributed by atoms with Crippen molar-refractivity contribution in [3.8, 4) is 0 Å². The van der Waals surface area contributed by atoms with E-state index in [1.165, 1.54) is 0 Å². The fourth-order valence-electron chi connectivity index (χ4n) is 1.95. The number of hydrogen-bond donors (Lipinski definition) is 2. The molecule has 1 aromatic rings. The molecule has 0 amide bonds. The predicted octanol–water partition coefficient (Wildman–Crippen LogP) is 2.99. The van der Waals surface area contributed by atoms with Crippen molar-refractivity contribution < 1.29 is 19.8 Å². The minimum Gasteiger partial charge on any atom is -0.481 e. The average molecular weight is 278 g/mol. The van der Waals surface area contributed by atoms with Crippen LogP contribution in [0, 0.1) is 10.8 Å². The molecule has 0 aliphatic rings. The normalized spacial score (nSPS) is 12.2. The Bertz CT molecular complexity index is 451. The maximum absolute atomic E-state index is 11.1. The topological polar surface area (TPSA) is 74.6 Å². The Balaban J connectivity index is 2.80. The van der Waals surface area contributed by atoms with Crippen molar-refractivity contribution in [2.75, 3.05) is 0 Å². The highest BCUT2D eigenvalue weighted by Gasteiger charge is 2.28. The SMILES string of the molecule is CC(C)(Cc1ccc(CC(C)(C)C(=O)O)cc1)C(=O)O. The molecule has 0 saturated heterocycles. The number of carboxylic acids is 2. The van der Waals surface area contributed by atoms with E-state index in [4.69, 9.17) is 10.2 Å². The average Bonchev–Trinajstić information content (AvgIpc) is 2.30. The van der Waals surface area contributed by atoms with Crippen molar-refractivity contribution >= 4 is 11.9 Å². The van der Waals surface area contributed by atoms with E-state index in [-0.39, 0.29) is 0 Å². The van der Waals surface area contributed by atoms with Crippen LogP contribution in [-0.2, 0) is 22.4 Å². The lowest BCUT2D eigenvalue weighted by Crippen LogP contribution is -2.26. The van der Waals surface area contributed by atoms with Crippen LogP contribution in [0.4, 0.5) is 0 Å². The van der Waals surface area contributed by atoms with E-state index >= 15 is 0 Å². The van der Waals surface area contributed by atoms with Crippen LogP contribution in [0.15, 0.2) is 24.3 Å². The molecular weight excluding hydrogens is 256 g/mol. The number of carbonyl (C=O) groups is 2. The van der Waals surface area contributed by atoms with Crippen LogP contribution < -0.4 is 0 Å². The molecular formula is C16H22O4. The lowest BCUT2D eigenvalue weighted by atomic mass is 9.83. The van der Waals surface area contributed by atoms with Crippen LogP contribution in [0.2, 0.25) is 0 Å². The van der Waals surface area contributed by atoms with E-state index in [1.54, 1.807) is 27.7 Å². The molecule has 1 rings (SSSR count). The third-order valence-electron chi connectivity index (χ3n) is 3.47. The molecule has 0 fully saturated rings. The van der Waals surface area contributed by atoms with Crippen LogP contribution in [0.3, 0.4) is 0 Å². The predicted molar refractivity (Wildman–Crippen MR) is 76.7 cm³/mol. The first-order chi connectivity index (χ1) is 9.04. The number of hydrogen-bond acceptors (Lipinski definition) is 2. The van der Waals surface area contributed by atoms with Crippen molar-refractivity contribution in [2.24, 2.45) is 10.8 Å². The van der Waals surface area contributed by atoms with Crippen LogP contribution >= 0.6 is 0 Å². The van der Waals surface area contributed by atoms with E-state index in [0.717, 1.165) is 11.1 Å². The van der Waals surface area contributed by atoms with Crippen LogP contribution in [0.5, 0.6) is 0 Å². The lowest BCUT2D eigenvalue weighted by molar-refractivity contribution is -0.147. The Morgan fingerprint density at radius 2 is 1.05 bits per heavy atom. The van der Waals surface area contributed by atoms with Gasteiger partial charge >= 0.3 is 11.9 Å². The molecule has 20 heavy (non-hydrogen) atoms. The monoisotopic (exact) mass is 278 g/mol. The van der Waals surface area contributed by atoms with Crippen molar-refractivity contribution in [1.29, 1.82) is 0 Å². The highest BCUT2D eigenvalue weighted by molar-refractivity contribution is 5.74. The molecule has 0 radical (unpaired) electrons. The Morgan fingerprint density at radius 3 is 1.25 bits per heavy atom. The summed E-state index contributed by atoms with van der Waals surface area (Å²) in [4.78, 5) is 22.2. The summed E-state index contributed by atoms with van der Waals surface area (Å²) in [6.45, 7) is 6.77. The van der Waals surface area contributed by atoms with E-state index in [1.807, 2.05) is 24.3 Å². The Labute approximate surface area is 119 Å². The van der Waals surface area contributed by atoms with Gasteiger partial charge in [0.15, 0.2) is 0 Å². The fourth-order valence-corrected chi connectivity index (χ4v) is 1.95. The minimum absolute atomic E-state index is 0.449. The molecule has 0 bridgehead atoms. The van der Waals surface area contributed by atoms with Gasteiger partial charge in [0, 0.05) is 0 Å².